The number of nitrogens with zero attached hydrogens (tertiary/aromatic N) is 2. The van der Waals surface area contributed by atoms with E-state index >= 15 is 0 Å². The first-order valence-corrected chi connectivity index (χ1v) is 11.4. The Morgan fingerprint density at radius 2 is 2.00 bits per heavy atom. The Bertz CT molecular complexity index is 692. The fourth-order valence-corrected chi connectivity index (χ4v) is 5.41. The van der Waals surface area contributed by atoms with Gasteiger partial charge in [0.1, 0.15) is 11.9 Å². The van der Waals surface area contributed by atoms with Crippen molar-refractivity contribution in [2.75, 3.05) is 33.3 Å². The summed E-state index contributed by atoms with van der Waals surface area (Å²) in [7, 11) is 1.71. The molecule has 0 radical (unpaired) electrons. The second-order valence-corrected chi connectivity index (χ2v) is 9.38. The average Bonchev–Trinajstić information content (AvgIpc) is 3.30. The van der Waals surface area contributed by atoms with Crippen LogP contribution in [-0.4, -0.2) is 61.3 Å². The summed E-state index contributed by atoms with van der Waals surface area (Å²) in [4.78, 5) is 16.8. The monoisotopic (exact) mass is 450 g/mol. The second-order valence-electron chi connectivity index (χ2n) is 8.53. The molecule has 0 spiro atoms. The van der Waals surface area contributed by atoms with E-state index in [4.69, 9.17) is 9.47 Å². The Hall–Kier alpha value is -1.27. The number of carbonyl (C=O) groups excluding carboxylic acids is 1. The molecule has 6 heteroatoms. The molecule has 1 aromatic carbocycles. The maximum absolute atomic E-state index is 12.3. The summed E-state index contributed by atoms with van der Waals surface area (Å²) in [6, 6.07) is 6.59. The summed E-state index contributed by atoms with van der Waals surface area (Å²) >= 11 is 3.67. The van der Waals surface area contributed by atoms with Crippen LogP contribution in [0.5, 0.6) is 5.75 Å². The third-order valence-electron chi connectivity index (χ3n) is 6.51. The minimum Gasteiger partial charge on any atom is -0.497 e. The van der Waals surface area contributed by atoms with Crippen LogP contribution in [0.3, 0.4) is 0 Å². The van der Waals surface area contributed by atoms with Gasteiger partial charge in [0.15, 0.2) is 0 Å². The standard InChI is InChI=1S/C22H31BrN2O3/c1-27-19-7-8-21(23)17(12-19)11-16-9-10-24(13-16)14-20-15-25(22(26)28-20)18-5-3-2-4-6-18/h7-8,12,16,18,20H,2-6,9-11,13-15H2,1H3. The van der Waals surface area contributed by atoms with Gasteiger partial charge >= 0.3 is 6.09 Å². The van der Waals surface area contributed by atoms with Crippen molar-refractivity contribution in [1.82, 2.24) is 9.80 Å². The van der Waals surface area contributed by atoms with Crippen molar-refractivity contribution in [2.45, 2.75) is 57.1 Å². The largest absolute Gasteiger partial charge is 0.497 e. The van der Waals surface area contributed by atoms with Crippen LogP contribution in [0.2, 0.25) is 0 Å². The number of hydrogen-bond donors (Lipinski definition) is 0. The Kier molecular flexibility index (Phi) is 6.46. The molecule has 1 saturated carbocycles. The molecule has 2 atom stereocenters. The first-order chi connectivity index (χ1) is 13.6. The summed E-state index contributed by atoms with van der Waals surface area (Å²) in [5, 5.41) is 0. The maximum Gasteiger partial charge on any atom is 0.410 e. The van der Waals surface area contributed by atoms with Crippen LogP contribution in [0.25, 0.3) is 0 Å². The molecule has 0 N–H and O–H groups in total. The molecule has 3 fully saturated rings. The Morgan fingerprint density at radius 3 is 2.79 bits per heavy atom. The van der Waals surface area contributed by atoms with Gasteiger partial charge in [0.2, 0.25) is 0 Å². The smallest absolute Gasteiger partial charge is 0.410 e. The lowest BCUT2D eigenvalue weighted by Gasteiger charge is -2.29. The van der Waals surface area contributed by atoms with E-state index < -0.39 is 0 Å². The van der Waals surface area contributed by atoms with Gasteiger partial charge < -0.3 is 14.4 Å². The molecule has 2 aliphatic heterocycles. The van der Waals surface area contributed by atoms with Crippen molar-refractivity contribution in [3.63, 3.8) is 0 Å². The van der Waals surface area contributed by atoms with Gasteiger partial charge in [-0.25, -0.2) is 4.79 Å². The summed E-state index contributed by atoms with van der Waals surface area (Å²) < 4.78 is 12.2. The summed E-state index contributed by atoms with van der Waals surface area (Å²) in [5.74, 6) is 1.55. The average molecular weight is 451 g/mol. The predicted octanol–water partition coefficient (Wildman–Crippen LogP) is 4.48. The molecule has 2 unspecified atom stereocenters. The molecule has 3 aliphatic rings. The van der Waals surface area contributed by atoms with Crippen molar-refractivity contribution in [3.8, 4) is 5.75 Å². The molecule has 2 saturated heterocycles. The number of carbonyl (C=O) groups is 1. The van der Waals surface area contributed by atoms with Gasteiger partial charge in [-0.3, -0.25) is 4.90 Å². The van der Waals surface area contributed by atoms with Gasteiger partial charge in [-0.05, 0) is 61.9 Å². The van der Waals surface area contributed by atoms with Crippen LogP contribution >= 0.6 is 15.9 Å². The molecule has 1 amide bonds. The Labute approximate surface area is 176 Å². The number of halogens is 1. The molecule has 5 nitrogen and oxygen atoms in total. The minimum absolute atomic E-state index is 0.0248. The molecule has 1 aromatic rings. The zero-order valence-corrected chi connectivity index (χ0v) is 18.3. The summed E-state index contributed by atoms with van der Waals surface area (Å²) in [6.07, 6.45) is 8.25. The fraction of sp³-hybridized carbons (Fsp3) is 0.682. The third kappa shape index (κ3) is 4.65. The summed E-state index contributed by atoms with van der Waals surface area (Å²) in [5.41, 5.74) is 1.31. The number of likely N-dealkylation sites (tertiary alicyclic amines) is 1. The van der Waals surface area contributed by atoms with E-state index in [2.05, 4.69) is 33.0 Å². The van der Waals surface area contributed by atoms with E-state index in [0.29, 0.717) is 12.0 Å². The maximum atomic E-state index is 12.3. The van der Waals surface area contributed by atoms with Crippen LogP contribution in [0.4, 0.5) is 4.79 Å². The first kappa shape index (κ1) is 20.0. The highest BCUT2D eigenvalue weighted by molar-refractivity contribution is 9.10. The Morgan fingerprint density at radius 1 is 1.18 bits per heavy atom. The highest BCUT2D eigenvalue weighted by atomic mass is 79.9. The van der Waals surface area contributed by atoms with Gasteiger partial charge in [0.25, 0.3) is 0 Å². The molecule has 0 aromatic heterocycles. The van der Waals surface area contributed by atoms with Gasteiger partial charge in [-0.15, -0.1) is 0 Å². The van der Waals surface area contributed by atoms with Crippen LogP contribution in [0.15, 0.2) is 22.7 Å². The highest BCUT2D eigenvalue weighted by Gasteiger charge is 2.38. The highest BCUT2D eigenvalue weighted by Crippen LogP contribution is 2.30. The lowest BCUT2D eigenvalue weighted by atomic mass is 9.94. The molecule has 154 valence electrons. The van der Waals surface area contributed by atoms with Crippen LogP contribution in [0.1, 0.15) is 44.1 Å². The number of methoxy groups -OCH3 is 1. The number of amides is 1. The molecule has 1 aliphatic carbocycles. The normalized spacial score (nSPS) is 26.6. The predicted molar refractivity (Wildman–Crippen MR) is 113 cm³/mol. The molecule has 0 bridgehead atoms. The number of rotatable bonds is 6. The minimum atomic E-state index is -0.0899. The lowest BCUT2D eigenvalue weighted by molar-refractivity contribution is 0.108. The van der Waals surface area contributed by atoms with Crippen LogP contribution in [-0.2, 0) is 11.2 Å². The SMILES string of the molecule is COc1ccc(Br)c(CC2CCN(CC3CN(C4CCCCC4)C(=O)O3)C2)c1. The lowest BCUT2D eigenvalue weighted by Crippen LogP contribution is -2.39. The topological polar surface area (TPSA) is 42.0 Å². The van der Waals surface area contributed by atoms with Crippen molar-refractivity contribution in [1.29, 1.82) is 0 Å². The van der Waals surface area contributed by atoms with E-state index in [-0.39, 0.29) is 12.2 Å². The molecular weight excluding hydrogens is 420 g/mol. The molecular formula is C22H31BrN2O3. The quantitative estimate of drug-likeness (QED) is 0.640. The van der Waals surface area contributed by atoms with E-state index in [1.165, 1.54) is 31.2 Å². The number of hydrogen-bond acceptors (Lipinski definition) is 4. The zero-order chi connectivity index (χ0) is 19.5. The van der Waals surface area contributed by atoms with Gasteiger partial charge in [0.05, 0.1) is 13.7 Å². The third-order valence-corrected chi connectivity index (χ3v) is 7.28. The van der Waals surface area contributed by atoms with E-state index in [0.717, 1.165) is 55.7 Å². The fourth-order valence-electron chi connectivity index (χ4n) is 5.01. The van der Waals surface area contributed by atoms with Gasteiger partial charge in [0, 0.05) is 23.6 Å². The van der Waals surface area contributed by atoms with Gasteiger partial charge in [-0.2, -0.15) is 0 Å². The van der Waals surface area contributed by atoms with Crippen LogP contribution in [0, 0.1) is 5.92 Å². The number of cyclic esters (lactones) is 1. The van der Waals surface area contributed by atoms with Crippen molar-refractivity contribution in [3.05, 3.63) is 28.2 Å². The van der Waals surface area contributed by atoms with Gasteiger partial charge in [-0.1, -0.05) is 35.2 Å². The number of ether oxygens (including phenoxy) is 2. The molecule has 2 heterocycles. The molecule has 4 rings (SSSR count). The summed E-state index contributed by atoms with van der Waals surface area (Å²) in [6.45, 7) is 3.79. The molecule has 28 heavy (non-hydrogen) atoms. The van der Waals surface area contributed by atoms with Crippen LogP contribution < -0.4 is 4.74 Å². The van der Waals surface area contributed by atoms with E-state index in [1.807, 2.05) is 11.0 Å². The Balaban J connectivity index is 1.27. The number of benzene rings is 1. The van der Waals surface area contributed by atoms with Crippen molar-refractivity contribution in [2.24, 2.45) is 5.92 Å². The van der Waals surface area contributed by atoms with E-state index in [9.17, 15) is 4.79 Å². The van der Waals surface area contributed by atoms with Crippen molar-refractivity contribution < 1.29 is 14.3 Å². The first-order valence-electron chi connectivity index (χ1n) is 10.6. The van der Waals surface area contributed by atoms with Crippen molar-refractivity contribution >= 4 is 22.0 Å². The zero-order valence-electron chi connectivity index (χ0n) is 16.7. The van der Waals surface area contributed by atoms with E-state index in [1.54, 1.807) is 7.11 Å². The second kappa shape index (κ2) is 9.04.